The predicted octanol–water partition coefficient (Wildman–Crippen LogP) is 3.44. The highest BCUT2D eigenvalue weighted by molar-refractivity contribution is 5.39. The smallest absolute Gasteiger partial charge is 0.0701 e. The lowest BCUT2D eigenvalue weighted by atomic mass is 9.95. The van der Waals surface area contributed by atoms with Gasteiger partial charge in [0.15, 0.2) is 0 Å². The van der Waals surface area contributed by atoms with Crippen molar-refractivity contribution in [1.82, 2.24) is 0 Å². The summed E-state index contributed by atoms with van der Waals surface area (Å²) in [6.07, 6.45) is 2.28. The Morgan fingerprint density at radius 1 is 1.00 bits per heavy atom. The molecule has 0 heterocycles. The zero-order chi connectivity index (χ0) is 15.0. The van der Waals surface area contributed by atoms with Crippen molar-refractivity contribution >= 4 is 0 Å². The van der Waals surface area contributed by atoms with Crippen molar-refractivity contribution in [2.45, 2.75) is 46.6 Å². The van der Waals surface area contributed by atoms with E-state index < -0.39 is 0 Å². The molecule has 1 rings (SSSR count). The molecule has 1 aromatic rings. The highest BCUT2D eigenvalue weighted by Gasteiger charge is 2.12. The van der Waals surface area contributed by atoms with Gasteiger partial charge in [0.05, 0.1) is 25.9 Å². The van der Waals surface area contributed by atoms with Gasteiger partial charge in [-0.3, -0.25) is 0 Å². The molecule has 0 radical (unpaired) electrons. The van der Waals surface area contributed by atoms with E-state index in [1.165, 1.54) is 22.3 Å². The minimum Gasteiger partial charge on any atom is -0.379 e. The first-order valence-corrected chi connectivity index (χ1v) is 7.55. The fourth-order valence-electron chi connectivity index (χ4n) is 2.54. The summed E-state index contributed by atoms with van der Waals surface area (Å²) in [6, 6.07) is 4.29. The fourth-order valence-corrected chi connectivity index (χ4v) is 2.54. The van der Waals surface area contributed by atoms with E-state index in [4.69, 9.17) is 15.2 Å². The zero-order valence-electron chi connectivity index (χ0n) is 13.4. The summed E-state index contributed by atoms with van der Waals surface area (Å²) in [5.41, 5.74) is 11.2. The second-order valence-electron chi connectivity index (χ2n) is 5.46. The Bertz CT molecular complexity index is 381. The van der Waals surface area contributed by atoms with Crippen LogP contribution in [0.5, 0.6) is 0 Å². The van der Waals surface area contributed by atoms with Gasteiger partial charge in [-0.25, -0.2) is 0 Å². The van der Waals surface area contributed by atoms with Crippen molar-refractivity contribution in [2.75, 3.05) is 26.4 Å². The monoisotopic (exact) mass is 279 g/mol. The van der Waals surface area contributed by atoms with Gasteiger partial charge in [0, 0.05) is 6.61 Å². The van der Waals surface area contributed by atoms with Crippen LogP contribution in [0.1, 0.15) is 48.1 Å². The zero-order valence-corrected chi connectivity index (χ0v) is 13.4. The Morgan fingerprint density at radius 2 is 1.60 bits per heavy atom. The molecule has 0 aromatic heterocycles. The van der Waals surface area contributed by atoms with Crippen molar-refractivity contribution in [3.8, 4) is 0 Å². The van der Waals surface area contributed by atoms with Gasteiger partial charge in [-0.05, 0) is 43.9 Å². The third-order valence-electron chi connectivity index (χ3n) is 3.42. The van der Waals surface area contributed by atoms with Gasteiger partial charge in [-0.2, -0.15) is 0 Å². The van der Waals surface area contributed by atoms with E-state index >= 15 is 0 Å². The SMILES string of the molecule is CCCCOCCOCC(N)c1c(C)cc(C)cc1C. The van der Waals surface area contributed by atoms with Crippen molar-refractivity contribution in [3.05, 3.63) is 34.4 Å². The van der Waals surface area contributed by atoms with Gasteiger partial charge in [-0.15, -0.1) is 0 Å². The number of hydrogen-bond acceptors (Lipinski definition) is 3. The van der Waals surface area contributed by atoms with Crippen molar-refractivity contribution in [3.63, 3.8) is 0 Å². The van der Waals surface area contributed by atoms with Crippen LogP contribution in [-0.4, -0.2) is 26.4 Å². The fraction of sp³-hybridized carbons (Fsp3) is 0.647. The largest absolute Gasteiger partial charge is 0.379 e. The molecule has 3 nitrogen and oxygen atoms in total. The molecule has 20 heavy (non-hydrogen) atoms. The highest BCUT2D eigenvalue weighted by Crippen LogP contribution is 2.22. The van der Waals surface area contributed by atoms with Crippen molar-refractivity contribution in [2.24, 2.45) is 5.73 Å². The topological polar surface area (TPSA) is 44.5 Å². The van der Waals surface area contributed by atoms with Crippen LogP contribution in [0.15, 0.2) is 12.1 Å². The molecule has 0 aliphatic rings. The molecule has 0 bridgehead atoms. The van der Waals surface area contributed by atoms with E-state index in [1.54, 1.807) is 0 Å². The van der Waals surface area contributed by atoms with Crippen LogP contribution in [0.4, 0.5) is 0 Å². The minimum atomic E-state index is -0.0637. The van der Waals surface area contributed by atoms with Crippen LogP contribution in [0.2, 0.25) is 0 Å². The number of rotatable bonds is 9. The molecule has 0 spiro atoms. The van der Waals surface area contributed by atoms with Crippen LogP contribution in [0.3, 0.4) is 0 Å². The highest BCUT2D eigenvalue weighted by atomic mass is 16.5. The molecular formula is C17H29NO2. The molecular weight excluding hydrogens is 250 g/mol. The molecule has 3 heteroatoms. The maximum atomic E-state index is 6.24. The predicted molar refractivity (Wildman–Crippen MR) is 84.1 cm³/mol. The third-order valence-corrected chi connectivity index (χ3v) is 3.42. The van der Waals surface area contributed by atoms with Crippen LogP contribution in [0, 0.1) is 20.8 Å². The molecule has 0 amide bonds. The Hall–Kier alpha value is -0.900. The lowest BCUT2D eigenvalue weighted by Crippen LogP contribution is -2.21. The Labute approximate surface area is 123 Å². The average Bonchev–Trinajstić information content (AvgIpc) is 2.36. The molecule has 114 valence electrons. The molecule has 0 saturated heterocycles. The number of aryl methyl sites for hydroxylation is 3. The molecule has 1 aromatic carbocycles. The Morgan fingerprint density at radius 3 is 2.20 bits per heavy atom. The molecule has 0 aliphatic carbocycles. The standard InChI is InChI=1S/C17H29NO2/c1-5-6-7-19-8-9-20-12-16(18)17-14(3)10-13(2)11-15(17)4/h10-11,16H,5-9,12,18H2,1-4H3. The molecule has 1 atom stereocenters. The number of unbranched alkanes of at least 4 members (excludes halogenated alkanes) is 1. The lowest BCUT2D eigenvalue weighted by molar-refractivity contribution is 0.0415. The number of benzene rings is 1. The van der Waals surface area contributed by atoms with Crippen molar-refractivity contribution < 1.29 is 9.47 Å². The van der Waals surface area contributed by atoms with E-state index in [0.29, 0.717) is 19.8 Å². The third kappa shape index (κ3) is 5.61. The van der Waals surface area contributed by atoms with E-state index in [9.17, 15) is 0 Å². The molecule has 0 saturated carbocycles. The van der Waals surface area contributed by atoms with Crippen LogP contribution in [0.25, 0.3) is 0 Å². The molecule has 0 aliphatic heterocycles. The second kappa shape index (κ2) is 9.11. The number of hydrogen-bond donors (Lipinski definition) is 1. The summed E-state index contributed by atoms with van der Waals surface area (Å²) in [7, 11) is 0. The van der Waals surface area contributed by atoms with Gasteiger partial charge < -0.3 is 15.2 Å². The minimum absolute atomic E-state index is 0.0637. The summed E-state index contributed by atoms with van der Waals surface area (Å²) < 4.78 is 11.1. The normalized spacial score (nSPS) is 12.7. The first kappa shape index (κ1) is 17.2. The van der Waals surface area contributed by atoms with Crippen LogP contribution >= 0.6 is 0 Å². The molecule has 2 N–H and O–H groups in total. The van der Waals surface area contributed by atoms with Gasteiger partial charge in [0.1, 0.15) is 0 Å². The summed E-state index contributed by atoms with van der Waals surface area (Å²) in [4.78, 5) is 0. The van der Waals surface area contributed by atoms with E-state index in [2.05, 4.69) is 39.8 Å². The summed E-state index contributed by atoms with van der Waals surface area (Å²) in [6.45, 7) is 11.1. The number of nitrogens with two attached hydrogens (primary N) is 1. The lowest BCUT2D eigenvalue weighted by Gasteiger charge is -2.18. The molecule has 0 fully saturated rings. The second-order valence-corrected chi connectivity index (χ2v) is 5.46. The van der Waals surface area contributed by atoms with E-state index in [1.807, 2.05) is 0 Å². The summed E-state index contributed by atoms with van der Waals surface area (Å²) >= 11 is 0. The van der Waals surface area contributed by atoms with Crippen LogP contribution < -0.4 is 5.73 Å². The van der Waals surface area contributed by atoms with E-state index in [0.717, 1.165) is 19.4 Å². The van der Waals surface area contributed by atoms with Gasteiger partial charge in [0.2, 0.25) is 0 Å². The molecule has 1 unspecified atom stereocenters. The summed E-state index contributed by atoms with van der Waals surface area (Å²) in [5, 5.41) is 0. The first-order valence-electron chi connectivity index (χ1n) is 7.55. The van der Waals surface area contributed by atoms with Gasteiger partial charge in [0.25, 0.3) is 0 Å². The van der Waals surface area contributed by atoms with Crippen LogP contribution in [-0.2, 0) is 9.47 Å². The quantitative estimate of drug-likeness (QED) is 0.704. The van der Waals surface area contributed by atoms with Crippen molar-refractivity contribution in [1.29, 1.82) is 0 Å². The first-order chi connectivity index (χ1) is 9.56. The maximum absolute atomic E-state index is 6.24. The average molecular weight is 279 g/mol. The van der Waals surface area contributed by atoms with Gasteiger partial charge >= 0.3 is 0 Å². The Balaban J connectivity index is 2.34. The maximum Gasteiger partial charge on any atom is 0.0701 e. The van der Waals surface area contributed by atoms with E-state index in [-0.39, 0.29) is 6.04 Å². The summed E-state index contributed by atoms with van der Waals surface area (Å²) in [5.74, 6) is 0. The number of ether oxygens (including phenoxy) is 2. The van der Waals surface area contributed by atoms with Gasteiger partial charge in [-0.1, -0.05) is 31.0 Å². The Kier molecular flexibility index (Phi) is 7.82.